The zero-order valence-electron chi connectivity index (χ0n) is 14.2. The van der Waals surface area contributed by atoms with E-state index in [1.54, 1.807) is 23.1 Å². The Hall–Kier alpha value is -2.25. The van der Waals surface area contributed by atoms with E-state index in [0.29, 0.717) is 11.7 Å². The van der Waals surface area contributed by atoms with Crippen LogP contribution < -0.4 is 10.6 Å². The number of nitrogens with one attached hydrogen (secondary N) is 3. The fourth-order valence-corrected chi connectivity index (χ4v) is 4.65. The van der Waals surface area contributed by atoms with E-state index < -0.39 is 0 Å². The minimum atomic E-state index is -0.251. The van der Waals surface area contributed by atoms with E-state index in [2.05, 4.69) is 37.7 Å². The molecule has 2 amide bonds. The second-order valence-electron chi connectivity index (χ2n) is 6.32. The van der Waals surface area contributed by atoms with Crippen molar-refractivity contribution in [2.24, 2.45) is 0 Å². The Kier molecular flexibility index (Phi) is 5.26. The van der Waals surface area contributed by atoms with Gasteiger partial charge in [-0.05, 0) is 53.3 Å². The Bertz CT molecular complexity index is 871. The van der Waals surface area contributed by atoms with Gasteiger partial charge in [0.05, 0.1) is 11.9 Å². The van der Waals surface area contributed by atoms with Gasteiger partial charge in [-0.15, -0.1) is 11.8 Å². The van der Waals surface area contributed by atoms with Crippen LogP contribution in [0.4, 0.5) is 16.3 Å². The SMILES string of the molecule is O=C(Nc1ccccc1SCc1ccsc1)Nc1[nH]ncc1C1CCC1. The molecule has 2 aromatic heterocycles. The number of urea groups is 1. The Morgan fingerprint density at radius 2 is 2.15 bits per heavy atom. The normalized spacial score (nSPS) is 14.0. The van der Waals surface area contributed by atoms with Gasteiger partial charge in [-0.1, -0.05) is 18.6 Å². The molecule has 0 unspecified atom stereocenters. The lowest BCUT2D eigenvalue weighted by atomic mass is 9.81. The first-order valence-electron chi connectivity index (χ1n) is 8.64. The highest BCUT2D eigenvalue weighted by Crippen LogP contribution is 2.39. The molecule has 1 saturated carbocycles. The van der Waals surface area contributed by atoms with E-state index in [1.807, 2.05) is 30.5 Å². The van der Waals surface area contributed by atoms with Crippen LogP contribution in [0.3, 0.4) is 0 Å². The van der Waals surface area contributed by atoms with Gasteiger partial charge >= 0.3 is 6.03 Å². The van der Waals surface area contributed by atoms with Crippen molar-refractivity contribution in [3.05, 3.63) is 58.4 Å². The number of aromatic amines is 1. The zero-order chi connectivity index (χ0) is 17.8. The third-order valence-electron chi connectivity index (χ3n) is 4.56. The molecular formula is C19H20N4OS2. The topological polar surface area (TPSA) is 69.8 Å². The standard InChI is InChI=1S/C19H20N4OS2/c24-19(22-18-15(10-20-23-18)14-4-3-5-14)21-16-6-1-2-7-17(16)26-12-13-8-9-25-11-13/h1-2,6-11,14H,3-5,12H2,(H3,20,21,22,23,24). The summed E-state index contributed by atoms with van der Waals surface area (Å²) in [4.78, 5) is 13.5. The van der Waals surface area contributed by atoms with Crippen molar-refractivity contribution in [1.82, 2.24) is 10.2 Å². The van der Waals surface area contributed by atoms with E-state index in [4.69, 9.17) is 0 Å². The molecule has 1 fully saturated rings. The van der Waals surface area contributed by atoms with Crippen LogP contribution in [-0.4, -0.2) is 16.2 Å². The number of carbonyl (C=O) groups is 1. The molecule has 0 aliphatic heterocycles. The molecule has 0 spiro atoms. The molecule has 1 aliphatic carbocycles. The number of carbonyl (C=O) groups excluding carboxylic acids is 1. The van der Waals surface area contributed by atoms with E-state index in [0.717, 1.165) is 34.7 Å². The lowest BCUT2D eigenvalue weighted by Crippen LogP contribution is -2.21. The van der Waals surface area contributed by atoms with Crippen molar-refractivity contribution in [2.75, 3.05) is 10.6 Å². The number of para-hydroxylation sites is 1. The third kappa shape index (κ3) is 3.94. The lowest BCUT2D eigenvalue weighted by Gasteiger charge is -2.25. The maximum Gasteiger partial charge on any atom is 0.324 e. The van der Waals surface area contributed by atoms with Crippen molar-refractivity contribution in [2.45, 2.75) is 35.8 Å². The van der Waals surface area contributed by atoms with Crippen LogP contribution in [0.5, 0.6) is 0 Å². The highest BCUT2D eigenvalue weighted by Gasteiger charge is 2.24. The molecule has 4 rings (SSSR count). The first kappa shape index (κ1) is 17.2. The number of hydrogen-bond acceptors (Lipinski definition) is 4. The number of amides is 2. The van der Waals surface area contributed by atoms with Crippen molar-refractivity contribution in [3.63, 3.8) is 0 Å². The van der Waals surface area contributed by atoms with Gasteiger partial charge < -0.3 is 5.32 Å². The summed E-state index contributed by atoms with van der Waals surface area (Å²) < 4.78 is 0. The molecule has 134 valence electrons. The maximum atomic E-state index is 12.5. The highest BCUT2D eigenvalue weighted by molar-refractivity contribution is 7.98. The summed E-state index contributed by atoms with van der Waals surface area (Å²) in [5, 5.41) is 17.1. The van der Waals surface area contributed by atoms with Crippen molar-refractivity contribution in [1.29, 1.82) is 0 Å². The first-order chi connectivity index (χ1) is 12.8. The van der Waals surface area contributed by atoms with Crippen LogP contribution in [-0.2, 0) is 5.75 Å². The number of rotatable bonds is 6. The van der Waals surface area contributed by atoms with Gasteiger partial charge in [-0.2, -0.15) is 16.4 Å². The van der Waals surface area contributed by atoms with Gasteiger partial charge in [0, 0.05) is 16.2 Å². The molecule has 3 aromatic rings. The summed E-state index contributed by atoms with van der Waals surface area (Å²) in [6.45, 7) is 0. The van der Waals surface area contributed by atoms with E-state index in [9.17, 15) is 4.79 Å². The molecule has 1 aliphatic rings. The predicted molar refractivity (Wildman–Crippen MR) is 108 cm³/mol. The van der Waals surface area contributed by atoms with Gasteiger partial charge in [0.1, 0.15) is 5.82 Å². The molecule has 0 saturated heterocycles. The molecule has 0 atom stereocenters. The molecular weight excluding hydrogens is 364 g/mol. The lowest BCUT2D eigenvalue weighted by molar-refractivity contribution is 0.262. The summed E-state index contributed by atoms with van der Waals surface area (Å²) in [5.41, 5.74) is 3.21. The van der Waals surface area contributed by atoms with Crippen LogP contribution in [0.2, 0.25) is 0 Å². The van der Waals surface area contributed by atoms with Crippen LogP contribution in [0, 0.1) is 0 Å². The summed E-state index contributed by atoms with van der Waals surface area (Å²) >= 11 is 3.42. The highest BCUT2D eigenvalue weighted by atomic mass is 32.2. The molecule has 0 bridgehead atoms. The molecule has 2 heterocycles. The number of anilines is 2. The fourth-order valence-electron chi connectivity index (χ4n) is 2.92. The van der Waals surface area contributed by atoms with E-state index in [-0.39, 0.29) is 6.03 Å². The molecule has 3 N–H and O–H groups in total. The molecule has 7 heteroatoms. The van der Waals surface area contributed by atoms with Crippen molar-refractivity contribution >= 4 is 40.6 Å². The monoisotopic (exact) mass is 384 g/mol. The quantitative estimate of drug-likeness (QED) is 0.479. The van der Waals surface area contributed by atoms with Crippen LogP contribution in [0.15, 0.2) is 52.2 Å². The first-order valence-corrected chi connectivity index (χ1v) is 10.6. The van der Waals surface area contributed by atoms with Crippen LogP contribution >= 0.6 is 23.1 Å². The minimum Gasteiger partial charge on any atom is -0.307 e. The summed E-state index contributed by atoms with van der Waals surface area (Å²) in [7, 11) is 0. The molecule has 26 heavy (non-hydrogen) atoms. The van der Waals surface area contributed by atoms with Gasteiger partial charge in [-0.25, -0.2) is 4.79 Å². The third-order valence-corrected chi connectivity index (χ3v) is 6.44. The van der Waals surface area contributed by atoms with E-state index >= 15 is 0 Å². The smallest absolute Gasteiger partial charge is 0.307 e. The number of nitrogens with zero attached hydrogens (tertiary/aromatic N) is 1. The van der Waals surface area contributed by atoms with Gasteiger partial charge in [0.15, 0.2) is 0 Å². The van der Waals surface area contributed by atoms with E-state index in [1.165, 1.54) is 12.0 Å². The Morgan fingerprint density at radius 1 is 1.27 bits per heavy atom. The van der Waals surface area contributed by atoms with Crippen molar-refractivity contribution in [3.8, 4) is 0 Å². The number of thioether (sulfide) groups is 1. The van der Waals surface area contributed by atoms with Gasteiger partial charge in [0.25, 0.3) is 0 Å². The molecule has 0 radical (unpaired) electrons. The number of thiophene rings is 1. The van der Waals surface area contributed by atoms with Gasteiger partial charge in [0.2, 0.25) is 0 Å². The number of aromatic nitrogens is 2. The second-order valence-corrected chi connectivity index (χ2v) is 8.12. The Morgan fingerprint density at radius 3 is 2.92 bits per heavy atom. The summed E-state index contributed by atoms with van der Waals surface area (Å²) in [5.74, 6) is 2.10. The average Bonchev–Trinajstić information content (AvgIpc) is 3.25. The Balaban J connectivity index is 1.40. The number of hydrogen-bond donors (Lipinski definition) is 3. The Labute approximate surface area is 160 Å². The predicted octanol–water partition coefficient (Wildman–Crippen LogP) is 5.68. The van der Waals surface area contributed by atoms with Gasteiger partial charge in [-0.3, -0.25) is 10.4 Å². The average molecular weight is 385 g/mol. The number of H-pyrrole nitrogens is 1. The second kappa shape index (κ2) is 7.97. The molecule has 1 aromatic carbocycles. The number of benzene rings is 1. The summed E-state index contributed by atoms with van der Waals surface area (Å²) in [6.07, 6.45) is 5.40. The maximum absolute atomic E-state index is 12.5. The summed E-state index contributed by atoms with van der Waals surface area (Å²) in [6, 6.07) is 9.75. The van der Waals surface area contributed by atoms with Crippen molar-refractivity contribution < 1.29 is 4.79 Å². The zero-order valence-corrected chi connectivity index (χ0v) is 15.8. The van der Waals surface area contributed by atoms with Crippen LogP contribution in [0.1, 0.15) is 36.3 Å². The fraction of sp³-hybridized carbons (Fsp3) is 0.263. The van der Waals surface area contributed by atoms with Crippen LogP contribution in [0.25, 0.3) is 0 Å². The largest absolute Gasteiger partial charge is 0.324 e. The molecule has 5 nitrogen and oxygen atoms in total. The minimum absolute atomic E-state index is 0.251.